The highest BCUT2D eigenvalue weighted by Gasteiger charge is 2.32. The van der Waals surface area contributed by atoms with Gasteiger partial charge in [-0.1, -0.05) is 6.42 Å². The second-order valence-corrected chi connectivity index (χ2v) is 10.6. The van der Waals surface area contributed by atoms with E-state index in [1.165, 1.54) is 15.3 Å². The molecule has 0 spiro atoms. The number of hydrogen-bond donors (Lipinski definition) is 1. The molecule has 2 aliphatic rings. The molecule has 0 unspecified atom stereocenters. The number of piperidine rings is 1. The normalized spacial score (nSPS) is 16.3. The zero-order valence-corrected chi connectivity index (χ0v) is 20.0. The van der Waals surface area contributed by atoms with Crippen molar-refractivity contribution >= 4 is 38.9 Å². The first-order chi connectivity index (χ1) is 15.9. The lowest BCUT2D eigenvalue weighted by Gasteiger charge is -2.26. The van der Waals surface area contributed by atoms with Crippen molar-refractivity contribution in [2.24, 2.45) is 0 Å². The maximum atomic E-state index is 13.2. The lowest BCUT2D eigenvalue weighted by Crippen LogP contribution is -2.39. The van der Waals surface area contributed by atoms with Gasteiger partial charge in [0.1, 0.15) is 29.5 Å². The number of hydrogen-bond acceptors (Lipinski definition) is 7. The quantitative estimate of drug-likeness (QED) is 0.636. The summed E-state index contributed by atoms with van der Waals surface area (Å²) in [6, 6.07) is 6.57. The summed E-state index contributed by atoms with van der Waals surface area (Å²) in [5.41, 5.74) is 0.525. The van der Waals surface area contributed by atoms with Gasteiger partial charge in [-0.3, -0.25) is 9.59 Å². The molecule has 178 valence electrons. The molecule has 1 saturated heterocycles. The van der Waals surface area contributed by atoms with Gasteiger partial charge < -0.3 is 19.7 Å². The first-order valence-corrected chi connectivity index (χ1v) is 13.3. The van der Waals surface area contributed by atoms with Gasteiger partial charge in [-0.15, -0.1) is 11.3 Å². The number of rotatable bonds is 7. The van der Waals surface area contributed by atoms with Gasteiger partial charge in [0, 0.05) is 31.4 Å². The molecule has 1 N–H and O–H groups in total. The lowest BCUT2D eigenvalue weighted by molar-refractivity contribution is -0.116. The third kappa shape index (κ3) is 5.15. The number of carbonyl (C=O) groups is 2. The van der Waals surface area contributed by atoms with Crippen LogP contribution in [0.3, 0.4) is 0 Å². The molecule has 3 heterocycles. The van der Waals surface area contributed by atoms with Gasteiger partial charge in [-0.05, 0) is 43.3 Å². The van der Waals surface area contributed by atoms with Gasteiger partial charge in [0.05, 0.1) is 0 Å². The van der Waals surface area contributed by atoms with Crippen LogP contribution < -0.4 is 14.8 Å². The molecule has 2 amide bonds. The predicted octanol–water partition coefficient (Wildman–Crippen LogP) is 2.79. The van der Waals surface area contributed by atoms with E-state index >= 15 is 0 Å². The highest BCUT2D eigenvalue weighted by molar-refractivity contribution is 7.89. The van der Waals surface area contributed by atoms with Crippen molar-refractivity contribution in [3.05, 3.63) is 34.5 Å². The molecule has 2 aromatic rings. The van der Waals surface area contributed by atoms with Gasteiger partial charge in [-0.2, -0.15) is 4.31 Å². The fourth-order valence-electron chi connectivity index (χ4n) is 3.87. The summed E-state index contributed by atoms with van der Waals surface area (Å²) in [5.74, 6) is 0.303. The maximum Gasteiger partial charge on any atom is 0.265 e. The van der Waals surface area contributed by atoms with E-state index in [1.54, 1.807) is 30.5 Å². The largest absolute Gasteiger partial charge is 0.486 e. The smallest absolute Gasteiger partial charge is 0.265 e. The summed E-state index contributed by atoms with van der Waals surface area (Å²) in [6.45, 7) is 3.64. The van der Waals surface area contributed by atoms with Crippen molar-refractivity contribution < 1.29 is 27.5 Å². The van der Waals surface area contributed by atoms with E-state index in [-0.39, 0.29) is 28.8 Å². The Labute approximate surface area is 197 Å². The lowest BCUT2D eigenvalue weighted by atomic mass is 10.2. The molecule has 0 atom stereocenters. The molecule has 0 aliphatic carbocycles. The van der Waals surface area contributed by atoms with Crippen molar-refractivity contribution in [1.82, 2.24) is 9.21 Å². The van der Waals surface area contributed by atoms with Crippen molar-refractivity contribution in [2.45, 2.75) is 31.1 Å². The number of anilines is 1. The number of thiophene rings is 1. The number of nitrogens with zero attached hydrogens (tertiary/aromatic N) is 2. The second kappa shape index (κ2) is 10.1. The fourth-order valence-corrected chi connectivity index (χ4v) is 6.75. The molecule has 4 rings (SSSR count). The summed E-state index contributed by atoms with van der Waals surface area (Å²) in [4.78, 5) is 27.4. The topological polar surface area (TPSA) is 105 Å². The summed E-state index contributed by atoms with van der Waals surface area (Å²) >= 11 is 1.08. The van der Waals surface area contributed by atoms with Gasteiger partial charge >= 0.3 is 0 Å². The molecule has 0 saturated carbocycles. The van der Waals surface area contributed by atoms with E-state index < -0.39 is 15.9 Å². The Morgan fingerprint density at radius 1 is 1.09 bits per heavy atom. The molecule has 0 radical (unpaired) electrons. The number of ether oxygens (including phenoxy) is 2. The average Bonchev–Trinajstić information content (AvgIpc) is 3.33. The number of likely N-dealkylation sites (N-methyl/N-ethyl adjacent to an activating group) is 1. The van der Waals surface area contributed by atoms with E-state index in [2.05, 4.69) is 5.32 Å². The molecule has 11 heteroatoms. The minimum absolute atomic E-state index is 0.0186. The molecule has 33 heavy (non-hydrogen) atoms. The third-order valence-corrected chi connectivity index (χ3v) is 8.56. The molecule has 0 bridgehead atoms. The minimum Gasteiger partial charge on any atom is -0.486 e. The van der Waals surface area contributed by atoms with Crippen molar-refractivity contribution in [2.75, 3.05) is 44.7 Å². The number of sulfonamides is 1. The van der Waals surface area contributed by atoms with Crippen LogP contribution in [0.25, 0.3) is 0 Å². The van der Waals surface area contributed by atoms with Gasteiger partial charge in [0.2, 0.25) is 15.9 Å². The summed E-state index contributed by atoms with van der Waals surface area (Å²) in [7, 11) is -3.75. The Kier molecular flexibility index (Phi) is 7.20. The van der Waals surface area contributed by atoms with E-state index in [4.69, 9.17) is 9.47 Å². The summed E-state index contributed by atoms with van der Waals surface area (Å²) in [6.07, 6.45) is 2.63. The zero-order chi connectivity index (χ0) is 23.4. The van der Waals surface area contributed by atoms with Gasteiger partial charge in [-0.25, -0.2) is 8.42 Å². The molecule has 1 aromatic carbocycles. The van der Waals surface area contributed by atoms with Crippen molar-refractivity contribution in [1.29, 1.82) is 0 Å². The minimum atomic E-state index is -3.75. The first kappa shape index (κ1) is 23.5. The number of amides is 2. The van der Waals surface area contributed by atoms with Gasteiger partial charge in [0.15, 0.2) is 11.5 Å². The van der Waals surface area contributed by atoms with E-state index in [0.29, 0.717) is 43.5 Å². The van der Waals surface area contributed by atoms with Crippen molar-refractivity contribution in [3.8, 4) is 11.5 Å². The Morgan fingerprint density at radius 2 is 1.82 bits per heavy atom. The molecular weight excluding hydrogens is 466 g/mol. The number of carbonyl (C=O) groups excluding carboxylic acids is 2. The average molecular weight is 494 g/mol. The molecular formula is C22H27N3O6S2. The fraction of sp³-hybridized carbons (Fsp3) is 0.455. The Bertz CT molecular complexity index is 1120. The zero-order valence-electron chi connectivity index (χ0n) is 18.4. The molecule has 1 aromatic heterocycles. The number of nitrogens with one attached hydrogen (secondary N) is 1. The summed E-state index contributed by atoms with van der Waals surface area (Å²) < 4.78 is 38.7. The second-order valence-electron chi connectivity index (χ2n) is 7.80. The van der Waals surface area contributed by atoms with Crippen LogP contribution in [0.4, 0.5) is 5.69 Å². The van der Waals surface area contributed by atoms with E-state index in [0.717, 1.165) is 30.6 Å². The maximum absolute atomic E-state index is 13.2. The predicted molar refractivity (Wildman–Crippen MR) is 125 cm³/mol. The standard InChI is InChI=1S/C22H27N3O6S2/c1-2-24(15-20(26)23-16-6-7-17-18(14-16)31-12-11-30-17)22(27)21-19(8-13-32-21)33(28,29)25-9-4-3-5-10-25/h6-8,13-14H,2-5,9-12,15H2,1H3,(H,23,26). The monoisotopic (exact) mass is 493 g/mol. The van der Waals surface area contributed by atoms with Crippen LogP contribution in [0.1, 0.15) is 35.9 Å². The Morgan fingerprint density at radius 3 is 2.55 bits per heavy atom. The first-order valence-electron chi connectivity index (χ1n) is 11.0. The SMILES string of the molecule is CCN(CC(=O)Nc1ccc2c(c1)OCCO2)C(=O)c1sccc1S(=O)(=O)N1CCCCC1. The van der Waals surface area contributed by atoms with Crippen LogP contribution in [0.15, 0.2) is 34.5 Å². The highest BCUT2D eigenvalue weighted by Crippen LogP contribution is 2.33. The molecule has 2 aliphatic heterocycles. The van der Waals surface area contributed by atoms with Crippen LogP contribution >= 0.6 is 11.3 Å². The Balaban J connectivity index is 1.46. The number of fused-ring (bicyclic) bond motifs is 1. The van der Waals surface area contributed by atoms with Crippen LogP contribution in [-0.4, -0.2) is 68.8 Å². The van der Waals surface area contributed by atoms with Crippen LogP contribution in [-0.2, 0) is 14.8 Å². The third-order valence-electron chi connectivity index (χ3n) is 5.59. The Hall–Kier alpha value is -2.63. The van der Waals surface area contributed by atoms with Crippen LogP contribution in [0.5, 0.6) is 11.5 Å². The van der Waals surface area contributed by atoms with Crippen LogP contribution in [0, 0.1) is 0 Å². The summed E-state index contributed by atoms with van der Waals surface area (Å²) in [5, 5.41) is 4.37. The number of benzene rings is 1. The van der Waals surface area contributed by atoms with Gasteiger partial charge in [0.25, 0.3) is 5.91 Å². The van der Waals surface area contributed by atoms with Crippen molar-refractivity contribution in [3.63, 3.8) is 0 Å². The highest BCUT2D eigenvalue weighted by atomic mass is 32.2. The molecule has 1 fully saturated rings. The molecule has 9 nitrogen and oxygen atoms in total. The van der Waals surface area contributed by atoms with Crippen LogP contribution in [0.2, 0.25) is 0 Å². The van der Waals surface area contributed by atoms with E-state index in [9.17, 15) is 18.0 Å². The van der Waals surface area contributed by atoms with E-state index in [1.807, 2.05) is 0 Å².